The highest BCUT2D eigenvalue weighted by molar-refractivity contribution is 5.93. The first-order chi connectivity index (χ1) is 11.6. The molecule has 24 heavy (non-hydrogen) atoms. The molecule has 0 bridgehead atoms. The molecule has 0 radical (unpaired) electrons. The van der Waals surface area contributed by atoms with Gasteiger partial charge >= 0.3 is 0 Å². The van der Waals surface area contributed by atoms with Crippen LogP contribution in [0.1, 0.15) is 21.6 Å². The molecule has 1 heterocycles. The van der Waals surface area contributed by atoms with Crippen LogP contribution < -0.4 is 11.3 Å². The number of rotatable bonds is 4. The molecule has 0 spiro atoms. The smallest absolute Gasteiger partial charge is 0.285 e. The molecular formula is C18H17FN4O. The van der Waals surface area contributed by atoms with Crippen molar-refractivity contribution in [3.05, 3.63) is 77.2 Å². The average Bonchev–Trinajstić information content (AvgIpc) is 3.01. The second-order valence-corrected chi connectivity index (χ2v) is 5.54. The quantitative estimate of drug-likeness (QED) is 0.440. The summed E-state index contributed by atoms with van der Waals surface area (Å²) in [6.07, 6.45) is 0. The van der Waals surface area contributed by atoms with Gasteiger partial charge in [-0.2, -0.15) is 5.10 Å². The third kappa shape index (κ3) is 3.33. The van der Waals surface area contributed by atoms with Crippen LogP contribution in [0.25, 0.3) is 11.3 Å². The summed E-state index contributed by atoms with van der Waals surface area (Å²) in [5.41, 5.74) is 5.99. The number of nitrogens with two attached hydrogens (primary N) is 1. The van der Waals surface area contributed by atoms with Crippen molar-refractivity contribution >= 4 is 5.91 Å². The zero-order chi connectivity index (χ0) is 17.1. The number of nitrogen functional groups attached to an aromatic ring is 1. The van der Waals surface area contributed by atoms with Crippen molar-refractivity contribution in [1.82, 2.24) is 15.2 Å². The Morgan fingerprint density at radius 3 is 2.46 bits per heavy atom. The van der Waals surface area contributed by atoms with Crippen molar-refractivity contribution in [3.63, 3.8) is 0 Å². The fourth-order valence-electron chi connectivity index (χ4n) is 2.44. The molecule has 6 heteroatoms. The lowest BCUT2D eigenvalue weighted by molar-refractivity contribution is 0.0948. The topological polar surface area (TPSA) is 72.9 Å². The number of nitrogens with zero attached hydrogens (tertiary/aromatic N) is 2. The molecule has 2 aromatic carbocycles. The van der Waals surface area contributed by atoms with Crippen LogP contribution in [-0.2, 0) is 6.54 Å². The third-order valence-corrected chi connectivity index (χ3v) is 3.74. The van der Waals surface area contributed by atoms with Crippen molar-refractivity contribution in [2.24, 2.45) is 5.84 Å². The number of nitrogens with one attached hydrogen (secondary N) is 1. The molecule has 122 valence electrons. The maximum absolute atomic E-state index is 13.2. The van der Waals surface area contributed by atoms with Crippen molar-refractivity contribution in [1.29, 1.82) is 0 Å². The molecule has 0 fully saturated rings. The molecule has 0 unspecified atom stereocenters. The lowest BCUT2D eigenvalue weighted by atomic mass is 10.1. The Hall–Kier alpha value is -2.99. The Morgan fingerprint density at radius 2 is 1.83 bits per heavy atom. The molecule has 0 aliphatic carbocycles. The molecule has 3 N–H and O–H groups in total. The van der Waals surface area contributed by atoms with Crippen molar-refractivity contribution in [2.75, 3.05) is 0 Å². The van der Waals surface area contributed by atoms with Crippen LogP contribution in [0.15, 0.2) is 54.6 Å². The lowest BCUT2D eigenvalue weighted by Crippen LogP contribution is -2.30. The molecule has 5 nitrogen and oxygen atoms in total. The van der Waals surface area contributed by atoms with E-state index < -0.39 is 5.91 Å². The number of amides is 1. The number of carbonyl (C=O) groups is 1. The molecule has 3 aromatic rings. The lowest BCUT2D eigenvalue weighted by Gasteiger charge is -2.08. The van der Waals surface area contributed by atoms with Gasteiger partial charge in [0.05, 0.1) is 12.2 Å². The van der Waals surface area contributed by atoms with E-state index in [-0.39, 0.29) is 11.5 Å². The van der Waals surface area contributed by atoms with Gasteiger partial charge in [-0.1, -0.05) is 29.8 Å². The molecule has 0 saturated carbocycles. The van der Waals surface area contributed by atoms with Gasteiger partial charge in [-0.15, -0.1) is 0 Å². The molecule has 1 amide bonds. The van der Waals surface area contributed by atoms with E-state index in [0.717, 1.165) is 11.1 Å². The molecule has 1 aromatic heterocycles. The summed E-state index contributed by atoms with van der Waals surface area (Å²) in [5.74, 6) is 4.41. The Labute approximate surface area is 138 Å². The second kappa shape index (κ2) is 6.64. The van der Waals surface area contributed by atoms with E-state index >= 15 is 0 Å². The number of hydrazine groups is 1. The van der Waals surface area contributed by atoms with Crippen LogP contribution in [0.2, 0.25) is 0 Å². The molecule has 0 saturated heterocycles. The van der Waals surface area contributed by atoms with Crippen molar-refractivity contribution < 1.29 is 9.18 Å². The summed E-state index contributed by atoms with van der Waals surface area (Å²) < 4.78 is 14.9. The zero-order valence-electron chi connectivity index (χ0n) is 13.2. The first kappa shape index (κ1) is 15.9. The first-order valence-corrected chi connectivity index (χ1v) is 7.47. The van der Waals surface area contributed by atoms with Gasteiger partial charge in [0.2, 0.25) is 0 Å². The van der Waals surface area contributed by atoms with Crippen LogP contribution >= 0.6 is 0 Å². The number of carbonyl (C=O) groups excluding carboxylic acids is 1. The summed E-state index contributed by atoms with van der Waals surface area (Å²) in [4.78, 5) is 11.8. The van der Waals surface area contributed by atoms with Gasteiger partial charge in [-0.25, -0.2) is 10.2 Å². The van der Waals surface area contributed by atoms with Gasteiger partial charge in [0.25, 0.3) is 5.91 Å². The summed E-state index contributed by atoms with van der Waals surface area (Å²) >= 11 is 0. The average molecular weight is 324 g/mol. The predicted molar refractivity (Wildman–Crippen MR) is 89.6 cm³/mol. The van der Waals surface area contributed by atoms with Gasteiger partial charge in [-0.3, -0.25) is 14.9 Å². The molecule has 0 aliphatic rings. The van der Waals surface area contributed by atoms with Gasteiger partial charge in [0.1, 0.15) is 5.82 Å². The SMILES string of the molecule is Cc1ccc(Cn2nc(C(=O)NN)cc2-c2ccc(F)cc2)cc1. The molecule has 0 atom stereocenters. The monoisotopic (exact) mass is 324 g/mol. The van der Waals surface area contributed by atoms with Gasteiger partial charge in [0, 0.05) is 5.56 Å². The normalized spacial score (nSPS) is 10.6. The minimum absolute atomic E-state index is 0.212. The number of hydrogen-bond acceptors (Lipinski definition) is 3. The van der Waals surface area contributed by atoms with Gasteiger partial charge in [-0.05, 0) is 42.8 Å². The second-order valence-electron chi connectivity index (χ2n) is 5.54. The summed E-state index contributed by atoms with van der Waals surface area (Å²) in [7, 11) is 0. The van der Waals surface area contributed by atoms with Crippen LogP contribution in [0, 0.1) is 12.7 Å². The van der Waals surface area contributed by atoms with Gasteiger partial charge < -0.3 is 0 Å². The minimum Gasteiger partial charge on any atom is -0.289 e. The van der Waals surface area contributed by atoms with E-state index in [2.05, 4.69) is 10.5 Å². The van der Waals surface area contributed by atoms with Crippen LogP contribution in [-0.4, -0.2) is 15.7 Å². The van der Waals surface area contributed by atoms with Crippen LogP contribution in [0.4, 0.5) is 4.39 Å². The van der Waals surface area contributed by atoms with E-state index in [9.17, 15) is 9.18 Å². The number of aryl methyl sites for hydroxylation is 1. The van der Waals surface area contributed by atoms with Crippen molar-refractivity contribution in [2.45, 2.75) is 13.5 Å². The van der Waals surface area contributed by atoms with E-state index in [1.54, 1.807) is 22.9 Å². The van der Waals surface area contributed by atoms with Crippen LogP contribution in [0.5, 0.6) is 0 Å². The summed E-state index contributed by atoms with van der Waals surface area (Å²) in [6, 6.07) is 15.8. The van der Waals surface area contributed by atoms with E-state index in [0.29, 0.717) is 12.2 Å². The maximum atomic E-state index is 13.2. The fourth-order valence-corrected chi connectivity index (χ4v) is 2.44. The highest BCUT2D eigenvalue weighted by Crippen LogP contribution is 2.22. The number of hydrogen-bond donors (Lipinski definition) is 2. The van der Waals surface area contributed by atoms with Crippen LogP contribution in [0.3, 0.4) is 0 Å². The Balaban J connectivity index is 2.02. The van der Waals surface area contributed by atoms with E-state index in [1.807, 2.05) is 31.2 Å². The maximum Gasteiger partial charge on any atom is 0.285 e. The predicted octanol–water partition coefficient (Wildman–Crippen LogP) is 2.65. The molecule has 0 aliphatic heterocycles. The minimum atomic E-state index is -0.471. The highest BCUT2D eigenvalue weighted by Gasteiger charge is 2.15. The highest BCUT2D eigenvalue weighted by atomic mass is 19.1. The molecular weight excluding hydrogens is 307 g/mol. The zero-order valence-corrected chi connectivity index (χ0v) is 13.2. The first-order valence-electron chi connectivity index (χ1n) is 7.47. The fraction of sp³-hybridized carbons (Fsp3) is 0.111. The summed E-state index contributed by atoms with van der Waals surface area (Å²) in [6.45, 7) is 2.51. The Kier molecular flexibility index (Phi) is 4.39. The third-order valence-electron chi connectivity index (χ3n) is 3.74. The number of halogens is 1. The molecule has 3 rings (SSSR count). The Bertz CT molecular complexity index is 854. The number of benzene rings is 2. The van der Waals surface area contributed by atoms with E-state index in [4.69, 9.17) is 5.84 Å². The standard InChI is InChI=1S/C18H17FN4O/c1-12-2-4-13(5-3-12)11-23-17(10-16(22-23)18(24)21-20)14-6-8-15(19)9-7-14/h2-10H,11,20H2,1H3,(H,21,24). The van der Waals surface area contributed by atoms with Gasteiger partial charge in [0.15, 0.2) is 5.69 Å². The largest absolute Gasteiger partial charge is 0.289 e. The number of aromatic nitrogens is 2. The summed E-state index contributed by atoms with van der Waals surface area (Å²) in [5, 5.41) is 4.33. The van der Waals surface area contributed by atoms with Crippen molar-refractivity contribution in [3.8, 4) is 11.3 Å². The van der Waals surface area contributed by atoms with E-state index in [1.165, 1.54) is 17.7 Å². The Morgan fingerprint density at radius 1 is 1.17 bits per heavy atom.